The van der Waals surface area contributed by atoms with E-state index >= 15 is 0 Å². The van der Waals surface area contributed by atoms with Gasteiger partial charge >= 0.3 is 46.9 Å². The van der Waals surface area contributed by atoms with Crippen molar-refractivity contribution in [3.63, 3.8) is 0 Å². The lowest BCUT2D eigenvalue weighted by Gasteiger charge is -2.72. The molecular formula is C16H13F13O2. The first-order valence-electron chi connectivity index (χ1n) is 8.59. The summed E-state index contributed by atoms with van der Waals surface area (Å²) in [4.78, 5) is 12.1. The predicted molar refractivity (Wildman–Crippen MR) is 73.8 cm³/mol. The normalized spacial score (nSPS) is 45.4. The lowest BCUT2D eigenvalue weighted by molar-refractivity contribution is -0.576. The van der Waals surface area contributed by atoms with Crippen molar-refractivity contribution in [3.8, 4) is 0 Å². The number of alkyl halides is 13. The summed E-state index contributed by atoms with van der Waals surface area (Å²) in [6, 6.07) is 0. The molecule has 15 heteroatoms. The molecule has 0 saturated heterocycles. The molecular weight excluding hydrogens is 471 g/mol. The molecule has 0 radical (unpaired) electrons. The molecule has 4 aliphatic rings. The van der Waals surface area contributed by atoms with Gasteiger partial charge in [-0.2, -0.15) is 43.9 Å². The molecule has 0 aliphatic heterocycles. The van der Waals surface area contributed by atoms with E-state index in [0.29, 0.717) is 0 Å². The van der Waals surface area contributed by atoms with Gasteiger partial charge in [-0.1, -0.05) is 6.92 Å². The standard InChI is InChI=1S/C16H13F13O2/c1-4-7(2,3)6(30)31-9-5-8(17)12(20,21)10(18,14(9,24)25)16(28,29)11(19,13(8,22)23)15(9,26)27/h4-5H2,1-3H3. The van der Waals surface area contributed by atoms with Crippen LogP contribution >= 0.6 is 0 Å². The summed E-state index contributed by atoms with van der Waals surface area (Å²) in [5.41, 5.74) is -28.6. The zero-order valence-electron chi connectivity index (χ0n) is 15.6. The molecule has 4 aliphatic carbocycles. The van der Waals surface area contributed by atoms with Gasteiger partial charge in [-0.3, -0.25) is 4.79 Å². The largest absolute Gasteiger partial charge is 0.445 e. The summed E-state index contributed by atoms with van der Waals surface area (Å²) >= 11 is 0. The van der Waals surface area contributed by atoms with E-state index in [1.807, 2.05) is 0 Å². The summed E-state index contributed by atoms with van der Waals surface area (Å²) in [5, 5.41) is 0. The molecule has 31 heavy (non-hydrogen) atoms. The zero-order valence-corrected chi connectivity index (χ0v) is 15.6. The Bertz CT molecular complexity index is 806. The number of halogens is 13. The maximum absolute atomic E-state index is 14.9. The number of hydrogen-bond donors (Lipinski definition) is 0. The first-order chi connectivity index (χ1) is 13.4. The molecule has 0 aromatic heterocycles. The van der Waals surface area contributed by atoms with Gasteiger partial charge in [0.25, 0.3) is 0 Å². The molecule has 0 aromatic carbocycles. The first-order valence-corrected chi connectivity index (χ1v) is 8.59. The van der Waals surface area contributed by atoms with E-state index < -0.39 is 76.4 Å². The van der Waals surface area contributed by atoms with Crippen LogP contribution in [0.5, 0.6) is 0 Å². The molecule has 2 unspecified atom stereocenters. The first kappa shape index (κ1) is 24.2. The summed E-state index contributed by atoms with van der Waals surface area (Å²) in [5.74, 6) is -37.8. The van der Waals surface area contributed by atoms with E-state index in [1.54, 1.807) is 0 Å². The molecule has 4 saturated carbocycles. The SMILES string of the molecule is CCC(C)(C)C(=O)OC12CC3(F)C(F)(F)C(F)(C1(F)F)C(F)(F)C(F)(C3(F)F)C2(F)F. The highest BCUT2D eigenvalue weighted by molar-refractivity contribution is 5.77. The third kappa shape index (κ3) is 1.71. The highest BCUT2D eigenvalue weighted by Gasteiger charge is 3.17. The number of rotatable bonds is 3. The molecule has 4 rings (SSSR count). The molecule has 0 aromatic rings. The summed E-state index contributed by atoms with van der Waals surface area (Å²) < 4.78 is 193. The van der Waals surface area contributed by atoms with E-state index in [-0.39, 0.29) is 0 Å². The van der Waals surface area contributed by atoms with Gasteiger partial charge in [-0.05, 0) is 20.3 Å². The Kier molecular flexibility index (Phi) is 4.06. The Balaban J connectivity index is 2.48. The fourth-order valence-corrected chi connectivity index (χ4v) is 4.31. The van der Waals surface area contributed by atoms with Crippen LogP contribution in [0.15, 0.2) is 0 Å². The van der Waals surface area contributed by atoms with Crippen molar-refractivity contribution in [2.45, 2.75) is 85.8 Å². The molecule has 0 amide bonds. The lowest BCUT2D eigenvalue weighted by Crippen LogP contribution is -3.05. The second-order valence-corrected chi connectivity index (χ2v) is 8.62. The van der Waals surface area contributed by atoms with Gasteiger partial charge in [-0.25, -0.2) is 13.2 Å². The number of esters is 1. The minimum absolute atomic E-state index is 0.427. The van der Waals surface area contributed by atoms with Crippen molar-refractivity contribution in [2.75, 3.05) is 0 Å². The topological polar surface area (TPSA) is 26.3 Å². The van der Waals surface area contributed by atoms with Gasteiger partial charge in [0.15, 0.2) is 0 Å². The summed E-state index contributed by atoms with van der Waals surface area (Å²) in [6.07, 6.45) is -3.98. The monoisotopic (exact) mass is 484 g/mol. The fraction of sp³-hybridized carbons (Fsp3) is 0.938. The van der Waals surface area contributed by atoms with Gasteiger partial charge in [0.1, 0.15) is 0 Å². The molecule has 0 spiro atoms. The number of hydrogen-bond acceptors (Lipinski definition) is 2. The fourth-order valence-electron chi connectivity index (χ4n) is 4.31. The Morgan fingerprint density at radius 1 is 0.710 bits per heavy atom. The Labute approximate surface area is 165 Å². The number of ether oxygens (including phenoxy) is 1. The van der Waals surface area contributed by atoms with Gasteiger partial charge in [0.2, 0.25) is 11.3 Å². The van der Waals surface area contributed by atoms with Crippen molar-refractivity contribution in [3.05, 3.63) is 0 Å². The molecule has 0 N–H and O–H groups in total. The van der Waals surface area contributed by atoms with Crippen molar-refractivity contribution in [1.29, 1.82) is 0 Å². The van der Waals surface area contributed by atoms with E-state index in [1.165, 1.54) is 0 Å². The molecule has 180 valence electrons. The van der Waals surface area contributed by atoms with Crippen LogP contribution in [0, 0.1) is 5.41 Å². The maximum atomic E-state index is 14.9. The van der Waals surface area contributed by atoms with E-state index in [2.05, 4.69) is 4.74 Å². The van der Waals surface area contributed by atoms with Crippen molar-refractivity contribution in [1.82, 2.24) is 0 Å². The van der Waals surface area contributed by atoms with Crippen LogP contribution in [0.4, 0.5) is 57.1 Å². The number of carbonyl (C=O) groups is 1. The van der Waals surface area contributed by atoms with Gasteiger partial charge in [0.05, 0.1) is 5.41 Å². The third-order valence-corrected chi connectivity index (χ3v) is 6.80. The lowest BCUT2D eigenvalue weighted by atomic mass is 9.41. The van der Waals surface area contributed by atoms with Crippen LogP contribution in [0.2, 0.25) is 0 Å². The quantitative estimate of drug-likeness (QED) is 0.394. The minimum Gasteiger partial charge on any atom is -0.445 e. The van der Waals surface area contributed by atoms with Crippen LogP contribution in [-0.2, 0) is 9.53 Å². The Morgan fingerprint density at radius 2 is 1.06 bits per heavy atom. The predicted octanol–water partition coefficient (Wildman–Crippen LogP) is 5.44. The van der Waals surface area contributed by atoms with Crippen LogP contribution < -0.4 is 0 Å². The molecule has 4 bridgehead atoms. The van der Waals surface area contributed by atoms with Crippen LogP contribution in [0.25, 0.3) is 0 Å². The van der Waals surface area contributed by atoms with Gasteiger partial charge in [0, 0.05) is 6.42 Å². The zero-order chi connectivity index (χ0) is 24.7. The van der Waals surface area contributed by atoms with Crippen molar-refractivity contribution < 1.29 is 66.6 Å². The minimum atomic E-state index is -7.54. The Morgan fingerprint density at radius 3 is 1.39 bits per heavy atom. The van der Waals surface area contributed by atoms with Crippen LogP contribution in [0.1, 0.15) is 33.6 Å². The maximum Gasteiger partial charge on any atom is 0.339 e. The molecule has 4 fully saturated rings. The smallest absolute Gasteiger partial charge is 0.339 e. The second kappa shape index (κ2) is 5.20. The molecule has 0 heterocycles. The van der Waals surface area contributed by atoms with E-state index in [0.717, 1.165) is 20.8 Å². The van der Waals surface area contributed by atoms with Gasteiger partial charge < -0.3 is 4.74 Å². The molecule has 2 nitrogen and oxygen atoms in total. The van der Waals surface area contributed by atoms with Crippen LogP contribution in [-0.4, -0.2) is 58.2 Å². The van der Waals surface area contributed by atoms with Crippen molar-refractivity contribution >= 4 is 5.97 Å². The van der Waals surface area contributed by atoms with Gasteiger partial charge in [-0.15, -0.1) is 0 Å². The average Bonchev–Trinajstić information content (AvgIpc) is 2.61. The average molecular weight is 484 g/mol. The van der Waals surface area contributed by atoms with E-state index in [9.17, 15) is 61.9 Å². The summed E-state index contributed by atoms with van der Waals surface area (Å²) in [7, 11) is 0. The van der Waals surface area contributed by atoms with E-state index in [4.69, 9.17) is 0 Å². The number of carbonyl (C=O) groups excluding carboxylic acids is 1. The highest BCUT2D eigenvalue weighted by Crippen LogP contribution is 2.86. The summed E-state index contributed by atoms with van der Waals surface area (Å²) in [6.45, 7) is 2.79. The molecule has 2 atom stereocenters. The van der Waals surface area contributed by atoms with Crippen molar-refractivity contribution in [2.24, 2.45) is 5.41 Å². The van der Waals surface area contributed by atoms with Crippen LogP contribution in [0.3, 0.4) is 0 Å². The Hall–Kier alpha value is -1.44. The third-order valence-electron chi connectivity index (χ3n) is 6.80. The highest BCUT2D eigenvalue weighted by atomic mass is 19.3. The second-order valence-electron chi connectivity index (χ2n) is 8.62.